The van der Waals surface area contributed by atoms with Crippen molar-refractivity contribution in [2.45, 2.75) is 44.7 Å². The fourth-order valence-electron chi connectivity index (χ4n) is 4.66. The average molecular weight is 423 g/mol. The largest absolute Gasteiger partial charge is 0.355 e. The van der Waals surface area contributed by atoms with Gasteiger partial charge in [0.05, 0.1) is 17.3 Å². The molecule has 0 radical (unpaired) electrons. The lowest BCUT2D eigenvalue weighted by Crippen LogP contribution is -2.39. The molecule has 3 aromatic heterocycles. The highest BCUT2D eigenvalue weighted by atomic mass is 19.1. The van der Waals surface area contributed by atoms with Crippen LogP contribution in [0.25, 0.3) is 5.65 Å². The molecule has 3 aromatic rings. The first-order valence-corrected chi connectivity index (χ1v) is 10.8. The number of hydrogen-bond acceptors (Lipinski definition) is 6. The third-order valence-electron chi connectivity index (χ3n) is 6.24. The van der Waals surface area contributed by atoms with Gasteiger partial charge >= 0.3 is 0 Å². The number of aryl methyl sites for hydroxylation is 1. The number of carbonyl (C=O) groups is 1. The summed E-state index contributed by atoms with van der Waals surface area (Å²) in [6.07, 6.45) is 6.93. The number of halogens is 1. The highest BCUT2D eigenvalue weighted by Gasteiger charge is 2.32. The minimum atomic E-state index is -0.738. The quantitative estimate of drug-likeness (QED) is 0.651. The van der Waals surface area contributed by atoms with Crippen molar-refractivity contribution in [3.8, 4) is 0 Å². The summed E-state index contributed by atoms with van der Waals surface area (Å²) in [6.45, 7) is 4.28. The van der Waals surface area contributed by atoms with Gasteiger partial charge in [-0.1, -0.05) is 0 Å². The smallest absolute Gasteiger partial charge is 0.259 e. The second-order valence-electron chi connectivity index (χ2n) is 8.47. The fraction of sp³-hybridized carbons (Fsp3) is 0.455. The van der Waals surface area contributed by atoms with Crippen molar-refractivity contribution in [1.82, 2.24) is 24.5 Å². The molecule has 5 heterocycles. The number of aromatic nitrogens is 4. The molecule has 162 valence electrons. The molecule has 5 rings (SSSR count). The third kappa shape index (κ3) is 3.63. The molecule has 2 saturated heterocycles. The van der Waals surface area contributed by atoms with Crippen LogP contribution in [0.4, 0.5) is 10.2 Å². The summed E-state index contributed by atoms with van der Waals surface area (Å²) in [7, 11) is 0. The van der Waals surface area contributed by atoms with Gasteiger partial charge in [-0.25, -0.2) is 14.5 Å². The maximum atomic E-state index is 14.2. The number of anilines is 1. The number of pyridine rings is 1. The molecule has 9 heteroatoms. The van der Waals surface area contributed by atoms with E-state index in [1.807, 2.05) is 19.2 Å². The first-order valence-electron chi connectivity index (χ1n) is 10.8. The number of nitrogens with zero attached hydrogens (tertiary/aromatic N) is 6. The molecule has 2 atom stereocenters. The van der Waals surface area contributed by atoms with E-state index in [9.17, 15) is 9.18 Å². The molecule has 2 fully saturated rings. The van der Waals surface area contributed by atoms with Crippen molar-refractivity contribution in [3.63, 3.8) is 0 Å². The normalized spacial score (nSPS) is 21.8. The van der Waals surface area contributed by atoms with Gasteiger partial charge in [-0.05, 0) is 44.7 Å². The molecule has 0 spiro atoms. The van der Waals surface area contributed by atoms with E-state index in [4.69, 9.17) is 15.8 Å². The van der Waals surface area contributed by atoms with Crippen LogP contribution in [0, 0.1) is 12.9 Å². The Hall–Kier alpha value is -3.07. The van der Waals surface area contributed by atoms with E-state index in [0.29, 0.717) is 6.54 Å². The van der Waals surface area contributed by atoms with Crippen LogP contribution >= 0.6 is 0 Å². The lowest BCUT2D eigenvalue weighted by molar-refractivity contribution is 0.0600. The van der Waals surface area contributed by atoms with Crippen LogP contribution in [0.15, 0.2) is 30.6 Å². The van der Waals surface area contributed by atoms with Gasteiger partial charge in [-0.15, -0.1) is 0 Å². The van der Waals surface area contributed by atoms with Crippen LogP contribution in [-0.2, 0) is 0 Å². The molecule has 0 aromatic carbocycles. The van der Waals surface area contributed by atoms with Crippen molar-refractivity contribution in [1.29, 1.82) is 0 Å². The minimum absolute atomic E-state index is 0.000193. The van der Waals surface area contributed by atoms with Crippen LogP contribution in [0.3, 0.4) is 0 Å². The highest BCUT2D eigenvalue weighted by Crippen LogP contribution is 2.33. The first-order chi connectivity index (χ1) is 15.0. The summed E-state index contributed by atoms with van der Waals surface area (Å²) in [4.78, 5) is 25.5. The molecule has 0 unspecified atom stereocenters. The van der Waals surface area contributed by atoms with Gasteiger partial charge in [0.1, 0.15) is 5.82 Å². The van der Waals surface area contributed by atoms with E-state index in [-0.39, 0.29) is 23.6 Å². The van der Waals surface area contributed by atoms with Crippen LogP contribution in [0.2, 0.25) is 0 Å². The molecule has 0 aliphatic carbocycles. The van der Waals surface area contributed by atoms with Gasteiger partial charge in [0.2, 0.25) is 5.95 Å². The molecule has 2 aliphatic heterocycles. The summed E-state index contributed by atoms with van der Waals surface area (Å²) >= 11 is 0. The molecule has 1 amide bonds. The molecule has 0 bridgehead atoms. The SMILES string of the molecule is Cc1cn2nc([C@@H]3CCCCN3C(=O)c3cccnc3F)cc2nc1N1CC[C@H](N)C1. The Balaban J connectivity index is 1.48. The Kier molecular flexibility index (Phi) is 5.05. The first kappa shape index (κ1) is 19.9. The van der Waals surface area contributed by atoms with Gasteiger partial charge in [-0.3, -0.25) is 4.79 Å². The Labute approximate surface area is 179 Å². The third-order valence-corrected chi connectivity index (χ3v) is 6.24. The van der Waals surface area contributed by atoms with Crippen LogP contribution in [0.5, 0.6) is 0 Å². The van der Waals surface area contributed by atoms with Gasteiger partial charge in [0.25, 0.3) is 5.91 Å². The highest BCUT2D eigenvalue weighted by molar-refractivity contribution is 5.94. The zero-order valence-corrected chi connectivity index (χ0v) is 17.5. The summed E-state index contributed by atoms with van der Waals surface area (Å²) in [5.74, 6) is -0.151. The van der Waals surface area contributed by atoms with Crippen molar-refractivity contribution in [2.75, 3.05) is 24.5 Å². The Morgan fingerprint density at radius 3 is 2.90 bits per heavy atom. The molecular weight excluding hydrogens is 397 g/mol. The predicted molar refractivity (Wildman–Crippen MR) is 114 cm³/mol. The Morgan fingerprint density at radius 2 is 2.13 bits per heavy atom. The number of likely N-dealkylation sites (tertiary alicyclic amines) is 1. The summed E-state index contributed by atoms with van der Waals surface area (Å²) < 4.78 is 15.9. The fourth-order valence-corrected chi connectivity index (χ4v) is 4.66. The van der Waals surface area contributed by atoms with Gasteiger partial charge in [0.15, 0.2) is 5.65 Å². The zero-order chi connectivity index (χ0) is 21.5. The Bertz CT molecular complexity index is 1130. The van der Waals surface area contributed by atoms with Crippen LogP contribution in [0.1, 0.15) is 53.3 Å². The predicted octanol–water partition coefficient (Wildman–Crippen LogP) is 2.48. The number of amides is 1. The zero-order valence-electron chi connectivity index (χ0n) is 17.5. The molecule has 0 saturated carbocycles. The van der Waals surface area contributed by atoms with E-state index < -0.39 is 5.95 Å². The van der Waals surface area contributed by atoms with Crippen molar-refractivity contribution in [3.05, 3.63) is 53.4 Å². The second kappa shape index (κ2) is 7.88. The summed E-state index contributed by atoms with van der Waals surface area (Å²) in [5, 5.41) is 4.74. The average Bonchev–Trinajstić information content (AvgIpc) is 3.38. The molecule has 31 heavy (non-hydrogen) atoms. The van der Waals surface area contributed by atoms with E-state index in [1.165, 1.54) is 12.3 Å². The molecular formula is C22H26FN7O. The maximum Gasteiger partial charge on any atom is 0.259 e. The standard InChI is InChI=1S/C22H26FN7O/c1-14-12-30-19(26-21(14)28-10-7-15(24)13-28)11-17(27-30)18-6-2-3-9-29(18)22(31)16-5-4-8-25-20(16)23/h4-5,8,11-12,15,18H,2-3,6-7,9-10,13,24H2,1H3/t15-,18-/m0/s1. The number of piperidine rings is 1. The number of hydrogen-bond donors (Lipinski definition) is 1. The second-order valence-corrected chi connectivity index (χ2v) is 8.47. The van der Waals surface area contributed by atoms with Crippen LogP contribution < -0.4 is 10.6 Å². The van der Waals surface area contributed by atoms with E-state index in [0.717, 1.165) is 61.5 Å². The summed E-state index contributed by atoms with van der Waals surface area (Å²) in [6, 6.07) is 4.96. The van der Waals surface area contributed by atoms with Crippen molar-refractivity contribution in [2.24, 2.45) is 5.73 Å². The number of rotatable bonds is 3. The van der Waals surface area contributed by atoms with Gasteiger partial charge < -0.3 is 15.5 Å². The van der Waals surface area contributed by atoms with Crippen LogP contribution in [-0.4, -0.2) is 56.1 Å². The van der Waals surface area contributed by atoms with E-state index in [1.54, 1.807) is 15.5 Å². The van der Waals surface area contributed by atoms with E-state index in [2.05, 4.69) is 9.88 Å². The van der Waals surface area contributed by atoms with Gasteiger partial charge in [-0.2, -0.15) is 9.49 Å². The maximum absolute atomic E-state index is 14.2. The topological polar surface area (TPSA) is 92.6 Å². The lowest BCUT2D eigenvalue weighted by Gasteiger charge is -2.34. The van der Waals surface area contributed by atoms with Crippen molar-refractivity contribution < 1.29 is 9.18 Å². The monoisotopic (exact) mass is 423 g/mol. The number of fused-ring (bicyclic) bond motifs is 1. The number of nitrogens with two attached hydrogens (primary N) is 1. The molecule has 8 nitrogen and oxygen atoms in total. The molecule has 2 N–H and O–H groups in total. The Morgan fingerprint density at radius 1 is 1.26 bits per heavy atom. The van der Waals surface area contributed by atoms with Gasteiger partial charge in [0, 0.05) is 49.7 Å². The molecule has 2 aliphatic rings. The summed E-state index contributed by atoms with van der Waals surface area (Å²) in [5.41, 5.74) is 8.62. The van der Waals surface area contributed by atoms with E-state index >= 15 is 0 Å². The minimum Gasteiger partial charge on any atom is -0.355 e. The lowest BCUT2D eigenvalue weighted by atomic mass is 9.98. The number of carbonyl (C=O) groups excluding carboxylic acids is 1. The van der Waals surface area contributed by atoms with Crippen molar-refractivity contribution >= 4 is 17.4 Å².